The van der Waals surface area contributed by atoms with E-state index in [1.54, 1.807) is 0 Å². The number of aromatic nitrogens is 2. The van der Waals surface area contributed by atoms with Crippen LogP contribution in [0.15, 0.2) is 12.3 Å². The molecule has 5 aliphatic rings. The zero-order valence-electron chi connectivity index (χ0n) is 20.0. The van der Waals surface area contributed by atoms with Crippen LogP contribution in [0.4, 0.5) is 13.2 Å². The molecule has 0 amide bonds. The molecule has 11 unspecified atom stereocenters. The average Bonchev–Trinajstić information content (AvgIpc) is 3.10. The third-order valence-electron chi connectivity index (χ3n) is 11.1. The number of halogens is 3. The Morgan fingerprint density at radius 2 is 1.85 bits per heavy atom. The second-order valence-electron chi connectivity index (χ2n) is 12.7. The number of alkyl halides is 3. The summed E-state index contributed by atoms with van der Waals surface area (Å²) in [5, 5.41) is 3.66. The van der Waals surface area contributed by atoms with Gasteiger partial charge in [-0.2, -0.15) is 18.3 Å². The molecule has 5 saturated carbocycles. The zero-order valence-corrected chi connectivity index (χ0v) is 20.0. The number of hydrogen-bond donors (Lipinski definition) is 0. The quantitative estimate of drug-likeness (QED) is 0.515. The molecular weight excluding hydrogens is 425 g/mol. The number of nitrogens with zero attached hydrogens (tertiary/aromatic N) is 2. The molecule has 0 aromatic carbocycles. The van der Waals surface area contributed by atoms with Crippen LogP contribution in [-0.4, -0.2) is 15.6 Å². The van der Waals surface area contributed by atoms with E-state index in [0.717, 1.165) is 42.1 Å². The number of fused-ring (bicyclic) bond motifs is 7. The highest BCUT2D eigenvalue weighted by Crippen LogP contribution is 2.76. The van der Waals surface area contributed by atoms with E-state index >= 15 is 0 Å². The fourth-order valence-corrected chi connectivity index (χ4v) is 9.95. The Bertz CT molecular complexity index is 940. The van der Waals surface area contributed by atoms with Gasteiger partial charge in [-0.15, -0.1) is 0 Å². The Morgan fingerprint density at radius 1 is 1.09 bits per heavy atom. The smallest absolute Gasteiger partial charge is 0.297 e. The number of hydrogen-bond acceptors (Lipinski definition) is 2. The summed E-state index contributed by atoms with van der Waals surface area (Å²) >= 11 is 0. The minimum atomic E-state index is -4.47. The summed E-state index contributed by atoms with van der Waals surface area (Å²) in [6.07, 6.45) is 6.05. The van der Waals surface area contributed by atoms with E-state index < -0.39 is 11.9 Å². The first-order valence-corrected chi connectivity index (χ1v) is 13.2. The fourth-order valence-electron chi connectivity index (χ4n) is 9.95. The van der Waals surface area contributed by atoms with Crippen LogP contribution in [-0.2, 0) is 17.5 Å². The predicted octanol–water partition coefficient (Wildman–Crippen LogP) is 6.48. The summed E-state index contributed by atoms with van der Waals surface area (Å²) in [5.74, 6) is 6.58. The molecule has 0 spiro atoms. The summed E-state index contributed by atoms with van der Waals surface area (Å²) in [6, 6.07) is 0.976. The van der Waals surface area contributed by atoms with Gasteiger partial charge in [0.05, 0.1) is 6.54 Å². The maximum Gasteiger partial charge on any atom is 0.435 e. The standard InChI is InChI=1S/C27H37F3N2O/c1-14-4-6-17-16(12-14)5-7-19-18(17)8-10-26(3)24(19)22-15(2)23(22)25(26)20(33)13-32-11-9-21(31-32)27(28,29)30/h9,11,14-19,22-25H,4-8,10,12-13H2,1-3H3. The molecule has 1 aromatic heterocycles. The van der Waals surface area contributed by atoms with E-state index in [9.17, 15) is 18.0 Å². The molecule has 0 radical (unpaired) electrons. The highest BCUT2D eigenvalue weighted by molar-refractivity contribution is 5.83. The SMILES string of the molecule is CC1CCC2C(CCC3C2CCC2(C)C(C(=O)Cn4ccc(C(F)(F)F)n4)C4C(C)C4C32)C1. The monoisotopic (exact) mass is 462 g/mol. The Kier molecular flexibility index (Phi) is 4.92. The van der Waals surface area contributed by atoms with Crippen molar-refractivity contribution in [3.05, 3.63) is 18.0 Å². The lowest BCUT2D eigenvalue weighted by Gasteiger charge is -2.57. The van der Waals surface area contributed by atoms with Crippen LogP contribution in [0.1, 0.15) is 71.4 Å². The first-order chi connectivity index (χ1) is 15.6. The maximum atomic E-state index is 13.6. The molecule has 0 saturated heterocycles. The molecule has 182 valence electrons. The average molecular weight is 463 g/mol. The lowest BCUT2D eigenvalue weighted by molar-refractivity contribution is -0.142. The summed E-state index contributed by atoms with van der Waals surface area (Å²) < 4.78 is 40.1. The summed E-state index contributed by atoms with van der Waals surface area (Å²) in [7, 11) is 0. The molecule has 5 fully saturated rings. The molecule has 33 heavy (non-hydrogen) atoms. The normalized spacial score (nSPS) is 48.4. The van der Waals surface area contributed by atoms with Crippen LogP contribution in [0.3, 0.4) is 0 Å². The minimum absolute atomic E-state index is 0.00883. The van der Waals surface area contributed by atoms with Crippen molar-refractivity contribution in [3.8, 4) is 0 Å². The van der Waals surface area contributed by atoms with Crippen LogP contribution in [0, 0.1) is 64.6 Å². The van der Waals surface area contributed by atoms with Crippen molar-refractivity contribution in [3.63, 3.8) is 0 Å². The third kappa shape index (κ3) is 3.28. The van der Waals surface area contributed by atoms with Crippen molar-refractivity contribution in [2.24, 2.45) is 64.6 Å². The molecule has 3 nitrogen and oxygen atoms in total. The van der Waals surface area contributed by atoms with Gasteiger partial charge in [0.1, 0.15) is 0 Å². The summed E-state index contributed by atoms with van der Waals surface area (Å²) in [5.41, 5.74) is -0.905. The highest BCUT2D eigenvalue weighted by Gasteiger charge is 2.73. The van der Waals surface area contributed by atoms with Crippen LogP contribution in [0.2, 0.25) is 0 Å². The molecule has 1 heterocycles. The zero-order chi connectivity index (χ0) is 23.3. The van der Waals surface area contributed by atoms with E-state index in [1.165, 1.54) is 49.4 Å². The molecule has 6 rings (SSSR count). The van der Waals surface area contributed by atoms with Gasteiger partial charge in [-0.1, -0.05) is 27.2 Å². The lowest BCUT2D eigenvalue weighted by atomic mass is 9.47. The second kappa shape index (κ2) is 7.34. The molecule has 5 aliphatic carbocycles. The molecule has 11 atom stereocenters. The topological polar surface area (TPSA) is 34.9 Å². The van der Waals surface area contributed by atoms with Gasteiger partial charge in [0.2, 0.25) is 0 Å². The molecule has 0 N–H and O–H groups in total. The number of ketones is 1. The van der Waals surface area contributed by atoms with Crippen molar-refractivity contribution in [1.29, 1.82) is 0 Å². The summed E-state index contributed by atoms with van der Waals surface area (Å²) in [6.45, 7) is 7.05. The van der Waals surface area contributed by atoms with Gasteiger partial charge in [0.15, 0.2) is 11.5 Å². The number of Topliss-reactive ketones (excluding diaryl/α,β-unsaturated/α-hetero) is 1. The number of carbonyl (C=O) groups is 1. The molecular formula is C27H37F3N2O. The van der Waals surface area contributed by atoms with Crippen LogP contribution in [0.25, 0.3) is 0 Å². The predicted molar refractivity (Wildman–Crippen MR) is 119 cm³/mol. The van der Waals surface area contributed by atoms with Gasteiger partial charge < -0.3 is 0 Å². The maximum absolute atomic E-state index is 13.6. The van der Waals surface area contributed by atoms with Crippen molar-refractivity contribution < 1.29 is 18.0 Å². The Labute approximate surface area is 194 Å². The van der Waals surface area contributed by atoms with Gasteiger partial charge >= 0.3 is 6.18 Å². The van der Waals surface area contributed by atoms with Crippen molar-refractivity contribution in [2.75, 3.05) is 0 Å². The fraction of sp³-hybridized carbons (Fsp3) is 0.852. The lowest BCUT2D eigenvalue weighted by Crippen LogP contribution is -2.51. The Morgan fingerprint density at radius 3 is 2.58 bits per heavy atom. The molecule has 0 aliphatic heterocycles. The Balaban J connectivity index is 1.23. The van der Waals surface area contributed by atoms with Crippen LogP contribution < -0.4 is 0 Å². The van der Waals surface area contributed by atoms with Gasteiger partial charge in [-0.05, 0) is 103 Å². The van der Waals surface area contributed by atoms with Gasteiger partial charge in [0.25, 0.3) is 0 Å². The van der Waals surface area contributed by atoms with Crippen LogP contribution in [0.5, 0.6) is 0 Å². The second-order valence-corrected chi connectivity index (χ2v) is 12.7. The van der Waals surface area contributed by atoms with Gasteiger partial charge in [-0.3, -0.25) is 9.48 Å². The van der Waals surface area contributed by atoms with Gasteiger partial charge in [-0.25, -0.2) is 0 Å². The minimum Gasteiger partial charge on any atom is -0.297 e. The van der Waals surface area contributed by atoms with E-state index in [0.29, 0.717) is 23.7 Å². The summed E-state index contributed by atoms with van der Waals surface area (Å²) in [4.78, 5) is 13.6. The van der Waals surface area contributed by atoms with Crippen molar-refractivity contribution in [2.45, 2.75) is 78.4 Å². The van der Waals surface area contributed by atoms with E-state index in [4.69, 9.17) is 0 Å². The third-order valence-corrected chi connectivity index (χ3v) is 11.1. The van der Waals surface area contributed by atoms with E-state index in [2.05, 4.69) is 25.9 Å². The first-order valence-electron chi connectivity index (χ1n) is 13.2. The molecule has 1 aromatic rings. The van der Waals surface area contributed by atoms with Crippen LogP contribution >= 0.6 is 0 Å². The molecule has 6 heteroatoms. The van der Waals surface area contributed by atoms with E-state index in [-0.39, 0.29) is 23.7 Å². The highest BCUT2D eigenvalue weighted by atomic mass is 19.4. The Hall–Kier alpha value is -1.33. The number of carbonyl (C=O) groups excluding carboxylic acids is 1. The van der Waals surface area contributed by atoms with Crippen molar-refractivity contribution in [1.82, 2.24) is 9.78 Å². The largest absolute Gasteiger partial charge is 0.435 e. The first kappa shape index (κ1) is 22.2. The molecule has 0 bridgehead atoms. The van der Waals surface area contributed by atoms with Crippen molar-refractivity contribution >= 4 is 5.78 Å². The number of rotatable bonds is 3. The van der Waals surface area contributed by atoms with E-state index in [1.807, 2.05) is 0 Å². The van der Waals surface area contributed by atoms with Gasteiger partial charge in [0, 0.05) is 12.1 Å².